The first-order valence-electron chi connectivity index (χ1n) is 9.04. The average molecular weight is 398 g/mol. The lowest BCUT2D eigenvalue weighted by Gasteiger charge is -2.39. The fourth-order valence-corrected chi connectivity index (χ4v) is 3.78. The Morgan fingerprint density at radius 1 is 1.24 bits per heavy atom. The van der Waals surface area contributed by atoms with Gasteiger partial charge in [-0.1, -0.05) is 30.9 Å². The minimum atomic E-state index is -1.89. The van der Waals surface area contributed by atoms with E-state index in [2.05, 4.69) is 6.58 Å². The number of hydrogen-bond donors (Lipinski definition) is 1. The summed E-state index contributed by atoms with van der Waals surface area (Å²) in [4.78, 5) is 40.8. The first-order chi connectivity index (χ1) is 13.8. The third-order valence-electron chi connectivity index (χ3n) is 4.96. The Morgan fingerprint density at radius 3 is 2.55 bits per heavy atom. The molecule has 8 nitrogen and oxygen atoms in total. The number of allylic oxidation sites excluding steroid dienone is 1. The molecule has 2 heterocycles. The molecule has 8 heteroatoms. The second-order valence-corrected chi connectivity index (χ2v) is 6.51. The van der Waals surface area contributed by atoms with Crippen molar-refractivity contribution in [3.05, 3.63) is 65.2 Å². The van der Waals surface area contributed by atoms with Gasteiger partial charge in [-0.3, -0.25) is 0 Å². The fraction of sp³-hybridized carbons (Fsp3) is 0.286. The van der Waals surface area contributed by atoms with E-state index >= 15 is 0 Å². The topological polar surface area (TPSA) is 108 Å². The van der Waals surface area contributed by atoms with Gasteiger partial charge in [0.25, 0.3) is 0 Å². The number of benzene rings is 1. The van der Waals surface area contributed by atoms with Crippen LogP contribution < -0.4 is 10.6 Å². The molecule has 1 atom stereocenters. The molecule has 3 rings (SSSR count). The second kappa shape index (κ2) is 7.46. The summed E-state index contributed by atoms with van der Waals surface area (Å²) >= 11 is 0. The van der Waals surface area contributed by atoms with Crippen molar-refractivity contribution < 1.29 is 28.6 Å². The summed E-state index contributed by atoms with van der Waals surface area (Å²) in [6.45, 7) is 6.61. The van der Waals surface area contributed by atoms with E-state index in [0.717, 1.165) is 0 Å². The largest absolute Gasteiger partial charge is 0.462 e. The van der Waals surface area contributed by atoms with Crippen molar-refractivity contribution in [3.8, 4) is 0 Å². The maximum absolute atomic E-state index is 13.3. The van der Waals surface area contributed by atoms with Crippen LogP contribution in [0, 0.1) is 0 Å². The Bertz CT molecular complexity index is 977. The summed E-state index contributed by atoms with van der Waals surface area (Å²) in [7, 11) is 1.66. The van der Waals surface area contributed by atoms with Gasteiger partial charge >= 0.3 is 17.9 Å². The highest BCUT2D eigenvalue weighted by Gasteiger charge is 2.63. The van der Waals surface area contributed by atoms with E-state index in [1.54, 1.807) is 43.1 Å². The van der Waals surface area contributed by atoms with Gasteiger partial charge in [0, 0.05) is 18.3 Å². The molecule has 0 bridgehead atoms. The quantitative estimate of drug-likeness (QED) is 0.453. The number of nitrogens with zero attached hydrogens (tertiary/aromatic N) is 1. The van der Waals surface area contributed by atoms with Crippen LogP contribution in [0.1, 0.15) is 19.4 Å². The molecule has 0 amide bonds. The molecule has 0 aromatic heterocycles. The lowest BCUT2D eigenvalue weighted by atomic mass is 9.66. The van der Waals surface area contributed by atoms with Crippen molar-refractivity contribution in [1.82, 2.24) is 0 Å². The first-order valence-corrected chi connectivity index (χ1v) is 9.04. The van der Waals surface area contributed by atoms with Crippen LogP contribution in [0.3, 0.4) is 0 Å². The van der Waals surface area contributed by atoms with Crippen LogP contribution in [-0.2, 0) is 34.0 Å². The number of carbonyl (C=O) groups is 3. The molecule has 1 aromatic carbocycles. The minimum absolute atomic E-state index is 0.0113. The van der Waals surface area contributed by atoms with Crippen molar-refractivity contribution in [3.63, 3.8) is 0 Å². The Balaban J connectivity index is 2.38. The van der Waals surface area contributed by atoms with Gasteiger partial charge in [0.2, 0.25) is 0 Å². The Morgan fingerprint density at radius 2 is 1.90 bits per heavy atom. The molecule has 1 aromatic rings. The molecule has 2 aliphatic rings. The zero-order valence-corrected chi connectivity index (χ0v) is 16.5. The Hall–Kier alpha value is -3.55. The van der Waals surface area contributed by atoms with E-state index in [4.69, 9.17) is 19.9 Å². The van der Waals surface area contributed by atoms with E-state index in [1.807, 2.05) is 0 Å². The summed E-state index contributed by atoms with van der Waals surface area (Å²) in [6.07, 6.45) is 1.40. The minimum Gasteiger partial charge on any atom is -0.462 e. The molecular weight excluding hydrogens is 376 g/mol. The summed E-state index contributed by atoms with van der Waals surface area (Å²) < 4.78 is 15.8. The molecule has 0 fully saturated rings. The summed E-state index contributed by atoms with van der Waals surface area (Å²) in [5.41, 5.74) is 5.07. The Kier molecular flexibility index (Phi) is 5.19. The van der Waals surface area contributed by atoms with Crippen molar-refractivity contribution in [2.75, 3.05) is 25.2 Å². The van der Waals surface area contributed by atoms with E-state index in [9.17, 15) is 14.4 Å². The van der Waals surface area contributed by atoms with Gasteiger partial charge < -0.3 is 24.8 Å². The third-order valence-corrected chi connectivity index (χ3v) is 4.96. The molecule has 2 N–H and O–H groups in total. The van der Waals surface area contributed by atoms with Crippen LogP contribution in [0.15, 0.2) is 59.6 Å². The smallest absolute Gasteiger partial charge is 0.339 e. The summed E-state index contributed by atoms with van der Waals surface area (Å²) in [5.74, 6) is -2.40. The number of anilines is 1. The molecule has 1 spiro atoms. The lowest BCUT2D eigenvalue weighted by molar-refractivity contribution is -0.147. The molecule has 0 aliphatic carbocycles. The predicted octanol–water partition coefficient (Wildman–Crippen LogP) is 1.67. The van der Waals surface area contributed by atoms with Gasteiger partial charge in [-0.25, -0.2) is 14.4 Å². The number of ether oxygens (including phenoxy) is 3. The second-order valence-electron chi connectivity index (χ2n) is 6.51. The number of rotatable bonds is 5. The highest BCUT2D eigenvalue weighted by molar-refractivity contribution is 6.16. The van der Waals surface area contributed by atoms with Crippen LogP contribution in [0.5, 0.6) is 0 Å². The van der Waals surface area contributed by atoms with Crippen molar-refractivity contribution >= 4 is 23.6 Å². The normalized spacial score (nSPS) is 20.5. The number of para-hydroxylation sites is 1. The van der Waals surface area contributed by atoms with E-state index in [1.165, 1.54) is 13.0 Å². The van der Waals surface area contributed by atoms with Crippen LogP contribution in [-0.4, -0.2) is 38.2 Å². The first kappa shape index (κ1) is 20.2. The molecule has 29 heavy (non-hydrogen) atoms. The van der Waals surface area contributed by atoms with E-state index in [0.29, 0.717) is 11.3 Å². The highest BCUT2D eigenvalue weighted by Crippen LogP contribution is 2.53. The predicted molar refractivity (Wildman–Crippen MR) is 104 cm³/mol. The lowest BCUT2D eigenvalue weighted by Crippen LogP contribution is -2.50. The summed E-state index contributed by atoms with van der Waals surface area (Å²) in [6, 6.07) is 6.85. The number of fused-ring (bicyclic) bond motifs is 2. The van der Waals surface area contributed by atoms with E-state index < -0.39 is 23.3 Å². The number of carbonyl (C=O) groups excluding carboxylic acids is 3. The number of cyclic esters (lactones) is 1. The van der Waals surface area contributed by atoms with Gasteiger partial charge in [-0.2, -0.15) is 0 Å². The molecular formula is C21H22N2O6. The fourth-order valence-electron chi connectivity index (χ4n) is 3.78. The van der Waals surface area contributed by atoms with Crippen LogP contribution in [0.25, 0.3) is 0 Å². The van der Waals surface area contributed by atoms with Crippen molar-refractivity contribution in [2.45, 2.75) is 19.3 Å². The van der Waals surface area contributed by atoms with Gasteiger partial charge in [0.15, 0.2) is 5.41 Å². The summed E-state index contributed by atoms with van der Waals surface area (Å²) in [5, 5.41) is 0. The molecule has 2 aliphatic heterocycles. The monoisotopic (exact) mass is 398 g/mol. The molecule has 1 unspecified atom stereocenters. The number of nitrogens with two attached hydrogens (primary N) is 1. The van der Waals surface area contributed by atoms with Gasteiger partial charge in [-0.05, 0) is 19.9 Å². The van der Waals surface area contributed by atoms with Gasteiger partial charge in [-0.15, -0.1) is 0 Å². The van der Waals surface area contributed by atoms with Crippen LogP contribution in [0.4, 0.5) is 5.69 Å². The zero-order chi connectivity index (χ0) is 21.3. The van der Waals surface area contributed by atoms with Crippen LogP contribution >= 0.6 is 0 Å². The van der Waals surface area contributed by atoms with Gasteiger partial charge in [0.05, 0.1) is 6.61 Å². The van der Waals surface area contributed by atoms with Crippen LogP contribution in [0.2, 0.25) is 0 Å². The standard InChI is InChI=1S/C21H22N2O6/c1-5-11-28-18(24)15-12(3)29-20(26)21(15)13-9-7-8-10-14(13)23(4)17(22)16(21)19(25)27-6-2/h5,7-10H,1,6,11,22H2,2-4H3. The average Bonchev–Trinajstić information content (AvgIpc) is 2.95. The molecule has 0 radical (unpaired) electrons. The molecule has 0 saturated heterocycles. The maximum atomic E-state index is 13.3. The van der Waals surface area contributed by atoms with Crippen molar-refractivity contribution in [1.29, 1.82) is 0 Å². The van der Waals surface area contributed by atoms with E-state index in [-0.39, 0.29) is 35.9 Å². The zero-order valence-electron chi connectivity index (χ0n) is 16.5. The number of esters is 3. The maximum Gasteiger partial charge on any atom is 0.339 e. The highest BCUT2D eigenvalue weighted by atomic mass is 16.6. The SMILES string of the molecule is C=CCOC(=O)C1=C(C)OC(=O)C12C(C(=O)OCC)=C(N)N(C)c1ccccc12. The molecule has 152 valence electrons. The van der Waals surface area contributed by atoms with Gasteiger partial charge in [0.1, 0.15) is 29.3 Å². The molecule has 0 saturated carbocycles. The number of hydrogen-bond acceptors (Lipinski definition) is 8. The Labute approximate surface area is 168 Å². The third kappa shape index (κ3) is 2.79. The van der Waals surface area contributed by atoms with Crippen molar-refractivity contribution in [2.24, 2.45) is 5.73 Å².